The van der Waals surface area contributed by atoms with Crippen LogP contribution in [-0.2, 0) is 32.7 Å². The molecule has 0 aliphatic carbocycles. The molecule has 0 aromatic rings. The van der Waals surface area contributed by atoms with Crippen LogP contribution in [0.4, 0.5) is 0 Å². The van der Waals surface area contributed by atoms with E-state index in [9.17, 15) is 19.0 Å². The molecule has 316 valence electrons. The molecule has 0 saturated carbocycles. The Morgan fingerprint density at radius 3 is 1.21 bits per heavy atom. The van der Waals surface area contributed by atoms with E-state index in [1.165, 1.54) is 148 Å². The third-order valence-electron chi connectivity index (χ3n) is 9.88. The fraction of sp³-hybridized carbons (Fsp3) is 0.953. The summed E-state index contributed by atoms with van der Waals surface area (Å²) in [6, 6.07) is 0. The lowest BCUT2D eigenvalue weighted by molar-refractivity contribution is -0.870. The van der Waals surface area contributed by atoms with Crippen molar-refractivity contribution in [1.82, 2.24) is 0 Å². The number of nitrogens with zero attached hydrogens (tertiary/aromatic N) is 1. The van der Waals surface area contributed by atoms with Gasteiger partial charge in [0.25, 0.3) is 7.82 Å². The molecule has 0 heterocycles. The maximum Gasteiger partial charge on any atom is 0.306 e. The smallest absolute Gasteiger partial charge is 0.306 e. The zero-order chi connectivity index (χ0) is 39.3. The number of phosphoric ester groups is 1. The summed E-state index contributed by atoms with van der Waals surface area (Å²) in [7, 11) is 1.18. The zero-order valence-electron chi connectivity index (χ0n) is 35.5. The number of hydrogen-bond acceptors (Lipinski definition) is 8. The van der Waals surface area contributed by atoms with Gasteiger partial charge in [-0.15, -0.1) is 0 Å². The number of unbranched alkanes of at least 4 members (excludes halogenated alkanes) is 27. The third-order valence-corrected chi connectivity index (χ3v) is 10.8. The highest BCUT2D eigenvalue weighted by molar-refractivity contribution is 7.45. The van der Waals surface area contributed by atoms with Crippen LogP contribution in [0.1, 0.15) is 213 Å². The predicted molar refractivity (Wildman–Crippen MR) is 218 cm³/mol. The summed E-state index contributed by atoms with van der Waals surface area (Å²) in [6.45, 7) is 4.21. The van der Waals surface area contributed by atoms with Crippen LogP contribution >= 0.6 is 7.82 Å². The maximum absolute atomic E-state index is 12.6. The van der Waals surface area contributed by atoms with E-state index in [1.807, 2.05) is 21.1 Å². The van der Waals surface area contributed by atoms with Crippen LogP contribution in [0.25, 0.3) is 0 Å². The van der Waals surface area contributed by atoms with Crippen molar-refractivity contribution in [2.75, 3.05) is 47.5 Å². The quantitative estimate of drug-likeness (QED) is 0.0261. The van der Waals surface area contributed by atoms with Crippen molar-refractivity contribution >= 4 is 19.8 Å². The van der Waals surface area contributed by atoms with Crippen molar-refractivity contribution in [1.29, 1.82) is 0 Å². The van der Waals surface area contributed by atoms with E-state index in [1.54, 1.807) is 0 Å². The van der Waals surface area contributed by atoms with Crippen molar-refractivity contribution in [2.24, 2.45) is 0 Å². The van der Waals surface area contributed by atoms with Crippen molar-refractivity contribution < 1.29 is 42.1 Å². The standard InChI is InChI=1S/C43H86NO8P/c1-6-8-10-12-14-15-16-17-18-19-20-21-22-23-24-25-26-27-28-30-32-34-36-43(46)52-41(40-51-53(47,48)50-38-37-44(3,4)5)39-49-42(45)35-33-31-29-13-11-9-7-2/h41H,6-40H2,1-5H3. The van der Waals surface area contributed by atoms with E-state index in [-0.39, 0.29) is 32.0 Å². The van der Waals surface area contributed by atoms with Gasteiger partial charge < -0.3 is 27.9 Å². The molecule has 0 radical (unpaired) electrons. The van der Waals surface area contributed by atoms with Gasteiger partial charge >= 0.3 is 11.9 Å². The molecule has 0 N–H and O–H groups in total. The van der Waals surface area contributed by atoms with Gasteiger partial charge in [0.2, 0.25) is 0 Å². The predicted octanol–water partition coefficient (Wildman–Crippen LogP) is 11.8. The number of carbonyl (C=O) groups excluding carboxylic acids is 2. The molecular formula is C43H86NO8P. The minimum Gasteiger partial charge on any atom is -0.756 e. The van der Waals surface area contributed by atoms with Gasteiger partial charge in [-0.3, -0.25) is 14.2 Å². The molecule has 53 heavy (non-hydrogen) atoms. The van der Waals surface area contributed by atoms with Crippen LogP contribution in [0, 0.1) is 0 Å². The Balaban J connectivity index is 4.11. The van der Waals surface area contributed by atoms with Crippen LogP contribution in [0.3, 0.4) is 0 Å². The first-order valence-electron chi connectivity index (χ1n) is 22.2. The molecule has 2 atom stereocenters. The van der Waals surface area contributed by atoms with Gasteiger partial charge in [-0.25, -0.2) is 0 Å². The largest absolute Gasteiger partial charge is 0.756 e. The summed E-state index contributed by atoms with van der Waals surface area (Å²) in [6.07, 6.45) is 35.9. The molecule has 0 aliphatic heterocycles. The van der Waals surface area contributed by atoms with Crippen molar-refractivity contribution in [3.63, 3.8) is 0 Å². The summed E-state index contributed by atoms with van der Waals surface area (Å²) in [5.41, 5.74) is 0. The van der Waals surface area contributed by atoms with E-state index in [0.717, 1.165) is 32.1 Å². The maximum atomic E-state index is 12.6. The van der Waals surface area contributed by atoms with Gasteiger partial charge in [0, 0.05) is 12.8 Å². The SMILES string of the molecule is CCCCCCCCCCCCCCCCCCCCCCCCC(=O)OC(COC(=O)CCCCCCCCC)COP(=O)([O-])OCC[N+](C)(C)C. The summed E-state index contributed by atoms with van der Waals surface area (Å²) in [4.78, 5) is 37.3. The highest BCUT2D eigenvalue weighted by Crippen LogP contribution is 2.38. The van der Waals surface area contributed by atoms with Gasteiger partial charge in [0.15, 0.2) is 6.10 Å². The summed E-state index contributed by atoms with van der Waals surface area (Å²) < 4.78 is 33.8. The molecular weight excluding hydrogens is 689 g/mol. The van der Waals surface area contributed by atoms with Crippen molar-refractivity contribution in [3.8, 4) is 0 Å². The monoisotopic (exact) mass is 776 g/mol. The van der Waals surface area contributed by atoms with Crippen LogP contribution in [0.5, 0.6) is 0 Å². The molecule has 0 fully saturated rings. The normalized spacial score (nSPS) is 13.5. The van der Waals surface area contributed by atoms with Gasteiger partial charge in [-0.1, -0.05) is 187 Å². The first kappa shape index (κ1) is 52.0. The number of quaternary nitrogens is 1. The van der Waals surface area contributed by atoms with E-state index < -0.39 is 26.5 Å². The number of ether oxygens (including phenoxy) is 2. The van der Waals surface area contributed by atoms with Crippen LogP contribution in [0.15, 0.2) is 0 Å². The summed E-state index contributed by atoms with van der Waals surface area (Å²) in [5, 5.41) is 0. The lowest BCUT2D eigenvalue weighted by Crippen LogP contribution is -2.37. The van der Waals surface area contributed by atoms with Gasteiger partial charge in [-0.2, -0.15) is 0 Å². The molecule has 0 rings (SSSR count). The van der Waals surface area contributed by atoms with E-state index >= 15 is 0 Å². The topological polar surface area (TPSA) is 111 Å². The summed E-state index contributed by atoms with van der Waals surface area (Å²) >= 11 is 0. The Kier molecular flexibility index (Phi) is 36.0. The highest BCUT2D eigenvalue weighted by Gasteiger charge is 2.21. The van der Waals surface area contributed by atoms with Crippen LogP contribution in [-0.4, -0.2) is 70.0 Å². The Bertz CT molecular complexity index is 881. The number of rotatable bonds is 41. The Hall–Kier alpha value is -0.990. The average Bonchev–Trinajstić information content (AvgIpc) is 3.10. The van der Waals surface area contributed by atoms with Gasteiger partial charge in [-0.05, 0) is 12.8 Å². The molecule has 0 bridgehead atoms. The molecule has 9 nitrogen and oxygen atoms in total. The minimum absolute atomic E-state index is 0.0261. The highest BCUT2D eigenvalue weighted by atomic mass is 31.2. The lowest BCUT2D eigenvalue weighted by atomic mass is 10.0. The number of phosphoric acid groups is 1. The number of hydrogen-bond donors (Lipinski definition) is 0. The minimum atomic E-state index is -4.61. The fourth-order valence-electron chi connectivity index (χ4n) is 6.36. The second kappa shape index (κ2) is 36.6. The van der Waals surface area contributed by atoms with E-state index in [0.29, 0.717) is 17.4 Å². The second-order valence-corrected chi connectivity index (χ2v) is 17.8. The molecule has 0 aliphatic rings. The van der Waals surface area contributed by atoms with Crippen molar-refractivity contribution in [2.45, 2.75) is 219 Å². The number of likely N-dealkylation sites (N-methyl/N-ethyl adjacent to an activating group) is 1. The van der Waals surface area contributed by atoms with Crippen LogP contribution < -0.4 is 4.89 Å². The average molecular weight is 776 g/mol. The van der Waals surface area contributed by atoms with Crippen LogP contribution in [0.2, 0.25) is 0 Å². The van der Waals surface area contributed by atoms with Crippen molar-refractivity contribution in [3.05, 3.63) is 0 Å². The molecule has 2 unspecified atom stereocenters. The van der Waals surface area contributed by atoms with Gasteiger partial charge in [0.1, 0.15) is 19.8 Å². The third kappa shape index (κ3) is 40.5. The molecule has 0 saturated heterocycles. The molecule has 0 spiro atoms. The number of esters is 2. The summed E-state index contributed by atoms with van der Waals surface area (Å²) in [5.74, 6) is -0.828. The Labute approximate surface area is 327 Å². The molecule has 0 aromatic heterocycles. The van der Waals surface area contributed by atoms with E-state index in [2.05, 4.69) is 13.8 Å². The first-order valence-corrected chi connectivity index (χ1v) is 23.7. The zero-order valence-corrected chi connectivity index (χ0v) is 36.4. The fourth-order valence-corrected chi connectivity index (χ4v) is 7.09. The van der Waals surface area contributed by atoms with E-state index in [4.69, 9.17) is 18.5 Å². The van der Waals surface area contributed by atoms with Gasteiger partial charge in [0.05, 0.1) is 27.7 Å². The Morgan fingerprint density at radius 2 is 0.849 bits per heavy atom. The molecule has 0 amide bonds. The second-order valence-electron chi connectivity index (χ2n) is 16.4. The molecule has 0 aromatic carbocycles. The number of carbonyl (C=O) groups is 2. The first-order chi connectivity index (χ1) is 25.5. The Morgan fingerprint density at radius 1 is 0.509 bits per heavy atom. The molecule has 10 heteroatoms. The lowest BCUT2D eigenvalue weighted by Gasteiger charge is -2.28.